The Bertz CT molecular complexity index is 4460. The lowest BCUT2D eigenvalue weighted by Gasteiger charge is -2.34. The van der Waals surface area contributed by atoms with E-state index in [2.05, 4.69) is 115 Å². The number of rotatable bonds is 4. The van der Waals surface area contributed by atoms with E-state index in [-0.39, 0.29) is 85.1 Å². The van der Waals surface area contributed by atoms with Gasteiger partial charge in [0.15, 0.2) is 10.1 Å². The zero-order valence-electron chi connectivity index (χ0n) is 63.2. The molecule has 0 radical (unpaired) electrons. The molecule has 3 saturated heterocycles. The molecule has 4 amide bonds. The predicted octanol–water partition coefficient (Wildman–Crippen LogP) is 13.8. The van der Waals surface area contributed by atoms with Gasteiger partial charge in [-0.3, -0.25) is 19.6 Å². The third-order valence-corrected chi connectivity index (χ3v) is 22.7. The van der Waals surface area contributed by atoms with Crippen molar-refractivity contribution in [2.45, 2.75) is 230 Å². The van der Waals surface area contributed by atoms with Crippen LogP contribution in [0.15, 0.2) is 113 Å². The van der Waals surface area contributed by atoms with Crippen LogP contribution in [0.3, 0.4) is 0 Å². The second-order valence-electron chi connectivity index (χ2n) is 33.9. The van der Waals surface area contributed by atoms with E-state index < -0.39 is 43.1 Å². The van der Waals surface area contributed by atoms with Gasteiger partial charge in [0.25, 0.3) is 31.9 Å². The number of carbonyl (C=O) groups excluding carboxylic acids is 4. The summed E-state index contributed by atoms with van der Waals surface area (Å²) in [6, 6.07) is 24.1. The minimum Gasteiger partial charge on any atom is -0.444 e. The molecular weight excluding hydrogens is 1360 g/mol. The molecule has 24 nitrogen and oxygen atoms in total. The quantitative estimate of drug-likeness (QED) is 0.127. The summed E-state index contributed by atoms with van der Waals surface area (Å²) in [5, 5.41) is 6.41. The summed E-state index contributed by atoms with van der Waals surface area (Å²) in [6.07, 6.45) is 12.5. The Labute approximate surface area is 613 Å². The molecule has 0 spiro atoms. The molecule has 8 bridgehead atoms. The summed E-state index contributed by atoms with van der Waals surface area (Å²) in [4.78, 5) is 89.2. The Morgan fingerprint density at radius 2 is 0.971 bits per heavy atom. The number of anilines is 4. The van der Waals surface area contributed by atoms with Gasteiger partial charge in [-0.2, -0.15) is 16.8 Å². The van der Waals surface area contributed by atoms with E-state index in [0.717, 1.165) is 84.4 Å². The molecule has 4 atom stereocenters. The number of ether oxygens (including phenoxy) is 2. The molecule has 6 aliphatic rings. The normalized spacial score (nSPS) is 22.1. The van der Waals surface area contributed by atoms with Crippen LogP contribution in [0.1, 0.15) is 241 Å². The van der Waals surface area contributed by atoms with E-state index in [1.165, 1.54) is 12.1 Å². The SMILES string of the molecule is CC(C)(C)OC(=O)N1CC=C(c2ccc(C3CC[C@@H]4CN(c5nc(C(C)(C)C)ccc5C(=O)NS(=O)(=O)c5cccc(n5)N3)C(C)(C)C4)nc2)CC1.CC(C)(C)OC(=O)N1CCC(c2ccc(C3CC[C@@H]4CN(c5nc(C(C)(C)C)ccc5C(=O)NS(=O)(=O)c5cccc(n5)N3)C(C)(C)C4)nc2)CC1. The predicted molar refractivity (Wildman–Crippen MR) is 403 cm³/mol. The summed E-state index contributed by atoms with van der Waals surface area (Å²) in [5.41, 5.74) is 4.64. The van der Waals surface area contributed by atoms with Gasteiger partial charge in [-0.05, 0) is 222 Å². The van der Waals surface area contributed by atoms with E-state index in [4.69, 9.17) is 29.4 Å². The van der Waals surface area contributed by atoms with Gasteiger partial charge >= 0.3 is 12.2 Å². The summed E-state index contributed by atoms with van der Waals surface area (Å²) < 4.78 is 70.0. The molecule has 558 valence electrons. The number of nitrogens with zero attached hydrogens (tertiary/aromatic N) is 10. The van der Waals surface area contributed by atoms with Gasteiger partial charge in [-0.1, -0.05) is 71.9 Å². The van der Waals surface area contributed by atoms with Crippen molar-refractivity contribution in [3.05, 3.63) is 148 Å². The molecule has 12 heterocycles. The number of hydrogen-bond acceptors (Lipinski definition) is 20. The summed E-state index contributed by atoms with van der Waals surface area (Å²) in [7, 11) is -8.64. The fourth-order valence-corrected chi connectivity index (χ4v) is 16.6. The molecule has 6 aliphatic heterocycles. The first-order valence-electron chi connectivity index (χ1n) is 36.3. The molecule has 12 rings (SSSR count). The second kappa shape index (κ2) is 29.3. The first kappa shape index (κ1) is 76.4. The van der Waals surface area contributed by atoms with Crippen LogP contribution in [0, 0.1) is 11.8 Å². The molecule has 26 heteroatoms. The van der Waals surface area contributed by atoms with E-state index in [9.17, 15) is 36.0 Å². The van der Waals surface area contributed by atoms with Crippen LogP contribution >= 0.6 is 0 Å². The van der Waals surface area contributed by atoms with Gasteiger partial charge in [-0.25, -0.2) is 39.0 Å². The zero-order valence-corrected chi connectivity index (χ0v) is 64.8. The third kappa shape index (κ3) is 18.1. The number of amides is 4. The molecule has 4 N–H and O–H groups in total. The fraction of sp³-hybridized carbons (Fsp3) is 0.538. The van der Waals surface area contributed by atoms with Gasteiger partial charge in [0, 0.05) is 85.0 Å². The first-order valence-corrected chi connectivity index (χ1v) is 39.3. The number of pyridine rings is 6. The van der Waals surface area contributed by atoms with E-state index >= 15 is 0 Å². The van der Waals surface area contributed by atoms with Crippen molar-refractivity contribution in [2.24, 2.45) is 11.8 Å². The Balaban J connectivity index is 0.000000208. The summed E-state index contributed by atoms with van der Waals surface area (Å²) in [6.45, 7) is 35.8. The van der Waals surface area contributed by atoms with Gasteiger partial charge in [-0.15, -0.1) is 0 Å². The highest BCUT2D eigenvalue weighted by Gasteiger charge is 2.44. The standard InChI is InChI=1S/C39H53N7O5S.C39H51N7O5S/c2*1-37(2,3)31-17-14-28-34(42-31)46-24-25(22-39(46,7)8)12-15-30(41-32-10-9-11-33(43-32)52(49,50)44-35(28)47)29-16-13-27(23-40-29)26-18-20-45(21-19-26)36(48)51-38(4,5)6/h9-11,13-14,16-17,23,25-26,30H,12,15,18-22,24H2,1-8H3,(H,41,43)(H,44,47);9-11,13-14,16-18,23,25,30H,12,15,19-22,24H2,1-8H3,(H,41,43)(H,44,47)/t2*25-,30?/m00/s1. The maximum Gasteiger partial charge on any atom is 0.410 e. The molecule has 0 aromatic carbocycles. The maximum absolute atomic E-state index is 13.7. The highest BCUT2D eigenvalue weighted by atomic mass is 32.2. The topological polar surface area (TPSA) is 293 Å². The van der Waals surface area contributed by atoms with Crippen molar-refractivity contribution in [3.63, 3.8) is 0 Å². The van der Waals surface area contributed by atoms with Crippen molar-refractivity contribution in [2.75, 3.05) is 59.7 Å². The maximum atomic E-state index is 13.7. The van der Waals surface area contributed by atoms with Crippen molar-refractivity contribution >= 4 is 72.9 Å². The third-order valence-electron chi connectivity index (χ3n) is 20.2. The van der Waals surface area contributed by atoms with Gasteiger partial charge in [0.05, 0.1) is 34.6 Å². The first-order chi connectivity index (χ1) is 48.6. The van der Waals surface area contributed by atoms with Crippen molar-refractivity contribution in [3.8, 4) is 0 Å². The molecule has 2 unspecified atom stereocenters. The smallest absolute Gasteiger partial charge is 0.410 e. The molecular formula is C78H104N14O10S2. The molecule has 104 heavy (non-hydrogen) atoms. The number of hydrogen-bond donors (Lipinski definition) is 4. The number of piperidine rings is 1. The fourth-order valence-electron chi connectivity index (χ4n) is 14.7. The Kier molecular flexibility index (Phi) is 21.5. The van der Waals surface area contributed by atoms with E-state index in [1.54, 1.807) is 58.3 Å². The number of carbonyl (C=O) groups is 4. The summed E-state index contributed by atoms with van der Waals surface area (Å²) in [5.74, 6) is 1.09. The van der Waals surface area contributed by atoms with Crippen LogP contribution in [-0.2, 0) is 40.4 Å². The van der Waals surface area contributed by atoms with Gasteiger partial charge in [0.1, 0.15) is 34.5 Å². The molecule has 6 aromatic heterocycles. The number of aromatic nitrogens is 6. The van der Waals surface area contributed by atoms with Crippen molar-refractivity contribution in [1.29, 1.82) is 0 Å². The average molecular weight is 1460 g/mol. The van der Waals surface area contributed by atoms with Crippen LogP contribution in [0.25, 0.3) is 5.57 Å². The molecule has 0 aliphatic carbocycles. The monoisotopic (exact) mass is 1460 g/mol. The highest BCUT2D eigenvalue weighted by molar-refractivity contribution is 7.90. The largest absolute Gasteiger partial charge is 0.444 e. The van der Waals surface area contributed by atoms with Crippen LogP contribution in [0.5, 0.6) is 0 Å². The van der Waals surface area contributed by atoms with Crippen molar-refractivity contribution < 1.29 is 45.5 Å². The van der Waals surface area contributed by atoms with Gasteiger partial charge < -0.3 is 39.7 Å². The van der Waals surface area contributed by atoms with Crippen LogP contribution in [-0.4, -0.2) is 142 Å². The number of likely N-dealkylation sites (tertiary alicyclic amines) is 1. The Morgan fingerprint density at radius 3 is 1.38 bits per heavy atom. The average Bonchev–Trinajstić information content (AvgIpc) is 1.27. The van der Waals surface area contributed by atoms with Crippen molar-refractivity contribution in [1.82, 2.24) is 49.1 Å². The van der Waals surface area contributed by atoms with Crippen LogP contribution in [0.2, 0.25) is 0 Å². The number of fused-ring (bicyclic) bond motifs is 12. The number of sulfonamides is 2. The minimum atomic E-state index is -4.32. The highest BCUT2D eigenvalue weighted by Crippen LogP contribution is 2.44. The number of nitrogens with one attached hydrogen (secondary N) is 4. The van der Waals surface area contributed by atoms with Crippen LogP contribution < -0.4 is 29.9 Å². The molecule has 6 aromatic rings. The lowest BCUT2D eigenvalue weighted by Crippen LogP contribution is -2.41. The molecule has 0 saturated carbocycles. The molecule has 3 fully saturated rings. The Morgan fingerprint density at radius 1 is 0.519 bits per heavy atom. The van der Waals surface area contributed by atoms with E-state index in [0.29, 0.717) is 75.4 Å². The summed E-state index contributed by atoms with van der Waals surface area (Å²) >= 11 is 0. The van der Waals surface area contributed by atoms with Gasteiger partial charge in [0.2, 0.25) is 0 Å². The Hall–Kier alpha value is -8.78. The minimum absolute atomic E-state index is 0.210. The zero-order chi connectivity index (χ0) is 75.3. The van der Waals surface area contributed by atoms with E-state index in [1.807, 2.05) is 78.2 Å². The lowest BCUT2D eigenvalue weighted by atomic mass is 9.89. The van der Waals surface area contributed by atoms with Crippen LogP contribution in [0.4, 0.5) is 32.9 Å². The lowest BCUT2D eigenvalue weighted by molar-refractivity contribution is 0.0203. The second-order valence-corrected chi connectivity index (χ2v) is 37.2.